The Morgan fingerprint density at radius 1 is 1.29 bits per heavy atom. The van der Waals surface area contributed by atoms with Crippen LogP contribution in [0.5, 0.6) is 5.75 Å². The number of rotatable bonds is 7. The number of hydrogen-bond donors (Lipinski definition) is 2. The average molecular weight is 241 g/mol. The number of benzene rings is 1. The number of unbranched alkanes of at least 4 members (excludes halogenated alkanes) is 1. The lowest BCUT2D eigenvalue weighted by Gasteiger charge is -2.09. The zero-order chi connectivity index (χ0) is 12.7. The monoisotopic (exact) mass is 241 g/mol. The summed E-state index contributed by atoms with van der Waals surface area (Å²) >= 11 is 0. The van der Waals surface area contributed by atoms with Crippen molar-refractivity contribution in [1.82, 2.24) is 0 Å². The highest BCUT2D eigenvalue weighted by Gasteiger charge is 2.10. The lowest BCUT2D eigenvalue weighted by Crippen LogP contribution is -2.02. The Balaban J connectivity index is 2.68. The van der Waals surface area contributed by atoms with Gasteiger partial charge in [0.15, 0.2) is 0 Å². The number of nitro groups is 1. The summed E-state index contributed by atoms with van der Waals surface area (Å²) in [5.74, 6) is 0.441. The molecule has 0 spiro atoms. The van der Waals surface area contributed by atoms with E-state index < -0.39 is 4.92 Å². The Morgan fingerprint density at radius 2 is 2.06 bits per heavy atom. The van der Waals surface area contributed by atoms with E-state index in [1.807, 2.05) is 0 Å². The summed E-state index contributed by atoms with van der Waals surface area (Å²) in [7, 11) is 0. The summed E-state index contributed by atoms with van der Waals surface area (Å²) in [5, 5.41) is 28.2. The molecule has 0 saturated heterocycles. The number of nitro benzene ring substituents is 1. The molecule has 1 aromatic carbocycles. The van der Waals surface area contributed by atoms with Gasteiger partial charge < -0.3 is 14.9 Å². The van der Waals surface area contributed by atoms with Crippen LogP contribution in [0.3, 0.4) is 0 Å². The minimum Gasteiger partial charge on any atom is -0.493 e. The van der Waals surface area contributed by atoms with Crippen molar-refractivity contribution in [1.29, 1.82) is 0 Å². The van der Waals surface area contributed by atoms with Crippen LogP contribution in [-0.2, 0) is 6.61 Å². The topological polar surface area (TPSA) is 92.8 Å². The molecule has 0 aliphatic carbocycles. The Morgan fingerprint density at radius 3 is 2.65 bits per heavy atom. The number of ether oxygens (including phenoxy) is 1. The standard InChI is InChI=1S/C11H15NO5/c13-5-1-2-6-17-11-4-3-10(12(15)16)7-9(11)8-14/h3-4,7,13-14H,1-2,5-6,8H2. The molecule has 0 aliphatic rings. The lowest BCUT2D eigenvalue weighted by molar-refractivity contribution is -0.385. The van der Waals surface area contributed by atoms with Crippen LogP contribution in [0.15, 0.2) is 18.2 Å². The first kappa shape index (κ1) is 13.4. The molecule has 0 fully saturated rings. The molecule has 0 unspecified atom stereocenters. The number of non-ortho nitro benzene ring substituents is 1. The minimum atomic E-state index is -0.519. The molecule has 0 atom stereocenters. The molecule has 1 rings (SSSR count). The van der Waals surface area contributed by atoms with Crippen LogP contribution in [0.25, 0.3) is 0 Å². The maximum Gasteiger partial charge on any atom is 0.270 e. The molecule has 17 heavy (non-hydrogen) atoms. The van der Waals surface area contributed by atoms with E-state index in [4.69, 9.17) is 14.9 Å². The molecule has 1 aromatic rings. The van der Waals surface area contributed by atoms with E-state index in [1.165, 1.54) is 18.2 Å². The van der Waals surface area contributed by atoms with Gasteiger partial charge in [0.1, 0.15) is 5.75 Å². The van der Waals surface area contributed by atoms with Crippen LogP contribution in [0.4, 0.5) is 5.69 Å². The quantitative estimate of drug-likeness (QED) is 0.425. The summed E-state index contributed by atoms with van der Waals surface area (Å²) in [6.07, 6.45) is 1.33. The van der Waals surface area contributed by atoms with Crippen molar-refractivity contribution in [2.75, 3.05) is 13.2 Å². The minimum absolute atomic E-state index is 0.0724. The molecular formula is C11H15NO5. The largest absolute Gasteiger partial charge is 0.493 e. The van der Waals surface area contributed by atoms with Crippen molar-refractivity contribution < 1.29 is 19.9 Å². The van der Waals surface area contributed by atoms with Gasteiger partial charge in [-0.25, -0.2) is 0 Å². The fourth-order valence-corrected chi connectivity index (χ4v) is 1.34. The molecule has 0 bridgehead atoms. The maximum absolute atomic E-state index is 10.5. The van der Waals surface area contributed by atoms with E-state index in [-0.39, 0.29) is 18.9 Å². The molecule has 6 heteroatoms. The highest BCUT2D eigenvalue weighted by Crippen LogP contribution is 2.24. The zero-order valence-corrected chi connectivity index (χ0v) is 9.33. The average Bonchev–Trinajstić information content (AvgIpc) is 2.34. The molecule has 0 amide bonds. The first-order valence-corrected chi connectivity index (χ1v) is 5.31. The third-order valence-electron chi connectivity index (χ3n) is 2.24. The van der Waals surface area contributed by atoms with E-state index in [9.17, 15) is 10.1 Å². The van der Waals surface area contributed by atoms with Gasteiger partial charge in [-0.3, -0.25) is 10.1 Å². The van der Waals surface area contributed by atoms with Crippen molar-refractivity contribution in [3.63, 3.8) is 0 Å². The molecule has 94 valence electrons. The number of nitrogens with zero attached hydrogens (tertiary/aromatic N) is 1. The second-order valence-corrected chi connectivity index (χ2v) is 3.49. The van der Waals surface area contributed by atoms with Crippen molar-refractivity contribution in [2.24, 2.45) is 0 Å². The molecule has 0 radical (unpaired) electrons. The summed E-state index contributed by atoms with van der Waals surface area (Å²) in [6, 6.07) is 4.10. The van der Waals surface area contributed by atoms with Crippen LogP contribution < -0.4 is 4.74 Å². The fraction of sp³-hybridized carbons (Fsp3) is 0.455. The van der Waals surface area contributed by atoms with E-state index >= 15 is 0 Å². The van der Waals surface area contributed by atoms with Gasteiger partial charge in [-0.15, -0.1) is 0 Å². The lowest BCUT2D eigenvalue weighted by atomic mass is 10.2. The Bertz CT molecular complexity index is 380. The summed E-state index contributed by atoms with van der Waals surface area (Å²) in [6.45, 7) is 0.207. The molecule has 0 heterocycles. The van der Waals surface area contributed by atoms with Gasteiger partial charge in [0.05, 0.1) is 18.1 Å². The Labute approximate surface area is 98.6 Å². The normalized spacial score (nSPS) is 10.2. The molecular weight excluding hydrogens is 226 g/mol. The van der Waals surface area contributed by atoms with E-state index in [2.05, 4.69) is 0 Å². The highest BCUT2D eigenvalue weighted by molar-refractivity contribution is 5.43. The first-order valence-electron chi connectivity index (χ1n) is 5.31. The predicted molar refractivity (Wildman–Crippen MR) is 60.8 cm³/mol. The smallest absolute Gasteiger partial charge is 0.270 e. The SMILES string of the molecule is O=[N+]([O-])c1ccc(OCCCCO)c(CO)c1. The third kappa shape index (κ3) is 4.01. The van der Waals surface area contributed by atoms with Gasteiger partial charge in [-0.2, -0.15) is 0 Å². The van der Waals surface area contributed by atoms with Crippen molar-refractivity contribution >= 4 is 5.69 Å². The molecule has 0 aromatic heterocycles. The van der Waals surface area contributed by atoms with Gasteiger partial charge in [0.25, 0.3) is 5.69 Å². The summed E-state index contributed by atoms with van der Waals surface area (Å²) < 4.78 is 5.37. The van der Waals surface area contributed by atoms with Crippen LogP contribution in [0, 0.1) is 10.1 Å². The van der Waals surface area contributed by atoms with Crippen LogP contribution in [-0.4, -0.2) is 28.4 Å². The second-order valence-electron chi connectivity index (χ2n) is 3.49. The third-order valence-corrected chi connectivity index (χ3v) is 2.24. The van der Waals surface area contributed by atoms with Gasteiger partial charge in [-0.05, 0) is 18.9 Å². The summed E-state index contributed by atoms with van der Waals surface area (Å²) in [4.78, 5) is 10.0. The van der Waals surface area contributed by atoms with Crippen LogP contribution >= 0.6 is 0 Å². The van der Waals surface area contributed by atoms with E-state index in [0.717, 1.165) is 0 Å². The highest BCUT2D eigenvalue weighted by atomic mass is 16.6. The number of aliphatic hydroxyl groups excluding tert-OH is 2. The van der Waals surface area contributed by atoms with Crippen LogP contribution in [0.1, 0.15) is 18.4 Å². The molecule has 2 N–H and O–H groups in total. The molecule has 6 nitrogen and oxygen atoms in total. The number of aliphatic hydroxyl groups is 2. The van der Waals surface area contributed by atoms with Gasteiger partial charge >= 0.3 is 0 Å². The van der Waals surface area contributed by atoms with E-state index in [0.29, 0.717) is 30.8 Å². The second kappa shape index (κ2) is 6.82. The Kier molecular flexibility index (Phi) is 5.38. The Hall–Kier alpha value is -1.66. The van der Waals surface area contributed by atoms with E-state index in [1.54, 1.807) is 0 Å². The fourth-order valence-electron chi connectivity index (χ4n) is 1.34. The first-order chi connectivity index (χ1) is 8.19. The van der Waals surface area contributed by atoms with Crippen molar-refractivity contribution in [2.45, 2.75) is 19.4 Å². The van der Waals surface area contributed by atoms with Crippen LogP contribution in [0.2, 0.25) is 0 Å². The maximum atomic E-state index is 10.5. The van der Waals surface area contributed by atoms with Gasteiger partial charge in [-0.1, -0.05) is 0 Å². The predicted octanol–water partition coefficient (Wildman–Crippen LogP) is 1.24. The molecule has 0 aliphatic heterocycles. The van der Waals surface area contributed by atoms with Crippen molar-refractivity contribution in [3.05, 3.63) is 33.9 Å². The summed E-state index contributed by atoms with van der Waals surface area (Å²) in [5.41, 5.74) is 0.319. The zero-order valence-electron chi connectivity index (χ0n) is 9.33. The van der Waals surface area contributed by atoms with Gasteiger partial charge in [0.2, 0.25) is 0 Å². The van der Waals surface area contributed by atoms with Gasteiger partial charge in [0, 0.05) is 24.3 Å². The number of hydrogen-bond acceptors (Lipinski definition) is 5. The van der Waals surface area contributed by atoms with Crippen molar-refractivity contribution in [3.8, 4) is 5.75 Å². The molecule has 0 saturated carbocycles.